The molecule has 0 N–H and O–H groups in total. The van der Waals surface area contributed by atoms with Crippen LogP contribution in [0.5, 0.6) is 0 Å². The van der Waals surface area contributed by atoms with Crippen molar-refractivity contribution in [1.29, 1.82) is 0 Å². The van der Waals surface area contributed by atoms with E-state index >= 15 is 0 Å². The zero-order valence-corrected chi connectivity index (χ0v) is 10.2. The number of aryl methyl sites for hydroxylation is 1. The van der Waals surface area contributed by atoms with Crippen LogP contribution in [-0.4, -0.2) is 27.3 Å². The summed E-state index contributed by atoms with van der Waals surface area (Å²) in [5.74, 6) is 0.737. The second kappa shape index (κ2) is 4.37. The summed E-state index contributed by atoms with van der Waals surface area (Å²) in [7, 11) is 0. The predicted octanol–water partition coefficient (Wildman–Crippen LogP) is 2.12. The number of halogens is 1. The van der Waals surface area contributed by atoms with Crippen LogP contribution in [0.3, 0.4) is 0 Å². The Labute approximate surface area is 99.6 Å². The van der Waals surface area contributed by atoms with Gasteiger partial charge in [-0.05, 0) is 25.8 Å². The molecule has 86 valence electrons. The molecule has 1 aliphatic heterocycles. The van der Waals surface area contributed by atoms with Gasteiger partial charge >= 0.3 is 0 Å². The number of rotatable bonds is 1. The molecule has 0 saturated carbocycles. The summed E-state index contributed by atoms with van der Waals surface area (Å²) < 4.78 is 0. The summed E-state index contributed by atoms with van der Waals surface area (Å²) in [6.07, 6.45) is 1.92. The number of hydrogen-bond acceptors (Lipinski definition) is 3. The Bertz CT molecular complexity index is 401. The van der Waals surface area contributed by atoms with Crippen molar-refractivity contribution in [2.45, 2.75) is 32.7 Å². The summed E-state index contributed by atoms with van der Waals surface area (Å²) in [5.41, 5.74) is 0.838. The van der Waals surface area contributed by atoms with E-state index in [1.165, 1.54) is 0 Å². The zero-order chi connectivity index (χ0) is 11.7. The third-order valence-electron chi connectivity index (χ3n) is 2.80. The molecule has 0 unspecified atom stereocenters. The van der Waals surface area contributed by atoms with E-state index in [1.807, 2.05) is 11.8 Å². The maximum atomic E-state index is 11.4. The first kappa shape index (κ1) is 11.3. The van der Waals surface area contributed by atoms with Crippen molar-refractivity contribution >= 4 is 17.5 Å². The number of carbonyl (C=O) groups is 1. The average molecular weight is 240 g/mol. The van der Waals surface area contributed by atoms with Gasteiger partial charge in [-0.25, -0.2) is 9.97 Å². The molecule has 1 aromatic heterocycles. The Kier molecular flexibility index (Phi) is 3.10. The normalized spacial score (nSPS) is 20.2. The Balaban J connectivity index is 2.32. The Morgan fingerprint density at radius 1 is 1.56 bits per heavy atom. The number of hydrogen-bond donors (Lipinski definition) is 0. The summed E-state index contributed by atoms with van der Waals surface area (Å²) in [4.78, 5) is 21.8. The Morgan fingerprint density at radius 2 is 2.31 bits per heavy atom. The third-order valence-corrected chi connectivity index (χ3v) is 2.99. The molecular weight excluding hydrogens is 226 g/mol. The van der Waals surface area contributed by atoms with Crippen LogP contribution in [0.25, 0.3) is 0 Å². The molecule has 4 nitrogen and oxygen atoms in total. The van der Waals surface area contributed by atoms with Crippen LogP contribution < -0.4 is 0 Å². The molecule has 2 rings (SSSR count). The molecule has 0 spiro atoms. The van der Waals surface area contributed by atoms with Gasteiger partial charge in [0, 0.05) is 19.2 Å². The average Bonchev–Trinajstić information content (AvgIpc) is 2.63. The minimum absolute atomic E-state index is 0.00472. The molecule has 5 heteroatoms. The standard InChI is InChI=1S/C11H14ClN3O/c1-7-6-10(12)14-11(13-7)9-4-3-5-15(9)8(2)16/h6,9H,3-5H2,1-2H3/t9-/m1/s1. The van der Waals surface area contributed by atoms with Gasteiger partial charge in [0.05, 0.1) is 6.04 Å². The van der Waals surface area contributed by atoms with E-state index in [-0.39, 0.29) is 11.9 Å². The van der Waals surface area contributed by atoms with Gasteiger partial charge in [0.2, 0.25) is 5.91 Å². The number of aromatic nitrogens is 2. The first-order valence-corrected chi connectivity index (χ1v) is 5.74. The summed E-state index contributed by atoms with van der Waals surface area (Å²) >= 11 is 5.90. The van der Waals surface area contributed by atoms with Gasteiger partial charge < -0.3 is 4.90 Å². The van der Waals surface area contributed by atoms with Crippen molar-refractivity contribution in [3.63, 3.8) is 0 Å². The van der Waals surface area contributed by atoms with Crippen LogP contribution in [0.1, 0.15) is 37.3 Å². The zero-order valence-electron chi connectivity index (χ0n) is 9.40. The molecule has 1 saturated heterocycles. The largest absolute Gasteiger partial charge is 0.333 e. The maximum Gasteiger partial charge on any atom is 0.220 e. The minimum atomic E-state index is -0.00472. The lowest BCUT2D eigenvalue weighted by atomic mass is 10.2. The highest BCUT2D eigenvalue weighted by atomic mass is 35.5. The highest BCUT2D eigenvalue weighted by Gasteiger charge is 2.30. The molecule has 1 aromatic rings. The molecule has 2 heterocycles. The van der Waals surface area contributed by atoms with Crippen LogP contribution in [0.15, 0.2) is 6.07 Å². The van der Waals surface area contributed by atoms with Gasteiger partial charge in [-0.15, -0.1) is 0 Å². The van der Waals surface area contributed by atoms with Crippen molar-refractivity contribution in [1.82, 2.24) is 14.9 Å². The summed E-state index contributed by atoms with van der Waals surface area (Å²) in [6, 6.07) is 1.72. The fraction of sp³-hybridized carbons (Fsp3) is 0.545. The Morgan fingerprint density at radius 3 is 2.94 bits per heavy atom. The predicted molar refractivity (Wildman–Crippen MR) is 61.1 cm³/mol. The van der Waals surface area contributed by atoms with Crippen LogP contribution in [0.2, 0.25) is 5.15 Å². The molecule has 0 aliphatic carbocycles. The monoisotopic (exact) mass is 239 g/mol. The molecular formula is C11H14ClN3O. The third kappa shape index (κ3) is 2.16. The van der Waals surface area contributed by atoms with Gasteiger partial charge in [-0.3, -0.25) is 4.79 Å². The van der Waals surface area contributed by atoms with E-state index in [4.69, 9.17) is 11.6 Å². The highest BCUT2D eigenvalue weighted by molar-refractivity contribution is 6.29. The molecule has 1 aliphatic rings. The first-order valence-electron chi connectivity index (χ1n) is 5.36. The van der Waals surface area contributed by atoms with E-state index in [0.717, 1.165) is 25.1 Å². The van der Waals surface area contributed by atoms with Crippen molar-refractivity contribution < 1.29 is 4.79 Å². The van der Waals surface area contributed by atoms with Crippen molar-refractivity contribution in [2.24, 2.45) is 0 Å². The lowest BCUT2D eigenvalue weighted by Crippen LogP contribution is -2.29. The molecule has 1 amide bonds. The van der Waals surface area contributed by atoms with E-state index < -0.39 is 0 Å². The van der Waals surface area contributed by atoms with E-state index in [0.29, 0.717) is 11.0 Å². The van der Waals surface area contributed by atoms with Crippen LogP contribution >= 0.6 is 11.6 Å². The first-order chi connectivity index (χ1) is 7.58. The van der Waals surface area contributed by atoms with Crippen molar-refractivity contribution in [2.75, 3.05) is 6.54 Å². The lowest BCUT2D eigenvalue weighted by molar-refractivity contribution is -0.129. The van der Waals surface area contributed by atoms with E-state index in [9.17, 15) is 4.79 Å². The summed E-state index contributed by atoms with van der Waals surface area (Å²) in [5, 5.41) is 0.443. The number of likely N-dealkylation sites (tertiary alicyclic amines) is 1. The van der Waals surface area contributed by atoms with Gasteiger partial charge in [0.1, 0.15) is 5.15 Å². The molecule has 0 radical (unpaired) electrons. The Hall–Kier alpha value is -1.16. The highest BCUT2D eigenvalue weighted by Crippen LogP contribution is 2.30. The van der Waals surface area contributed by atoms with Gasteiger partial charge in [-0.1, -0.05) is 11.6 Å². The second-order valence-corrected chi connectivity index (χ2v) is 4.45. The quantitative estimate of drug-likeness (QED) is 0.706. The van der Waals surface area contributed by atoms with Crippen molar-refractivity contribution in [3.8, 4) is 0 Å². The maximum absolute atomic E-state index is 11.4. The fourth-order valence-electron chi connectivity index (χ4n) is 2.11. The van der Waals surface area contributed by atoms with Gasteiger partial charge in [0.15, 0.2) is 5.82 Å². The molecule has 1 fully saturated rings. The van der Waals surface area contributed by atoms with Crippen LogP contribution in [0.4, 0.5) is 0 Å². The molecule has 0 aromatic carbocycles. The lowest BCUT2D eigenvalue weighted by Gasteiger charge is -2.22. The number of amides is 1. The topological polar surface area (TPSA) is 46.1 Å². The van der Waals surface area contributed by atoms with Crippen LogP contribution in [0, 0.1) is 6.92 Å². The fourth-order valence-corrected chi connectivity index (χ4v) is 2.36. The molecule has 16 heavy (non-hydrogen) atoms. The van der Waals surface area contributed by atoms with E-state index in [1.54, 1.807) is 13.0 Å². The van der Waals surface area contributed by atoms with Gasteiger partial charge in [0.25, 0.3) is 0 Å². The SMILES string of the molecule is CC(=O)N1CCC[C@@H]1c1nc(C)cc(Cl)n1. The molecule has 0 bridgehead atoms. The number of nitrogens with zero attached hydrogens (tertiary/aromatic N) is 3. The smallest absolute Gasteiger partial charge is 0.220 e. The van der Waals surface area contributed by atoms with E-state index in [2.05, 4.69) is 9.97 Å². The van der Waals surface area contributed by atoms with Crippen molar-refractivity contribution in [3.05, 3.63) is 22.7 Å². The molecule has 1 atom stereocenters. The summed E-state index contributed by atoms with van der Waals surface area (Å²) in [6.45, 7) is 4.24. The minimum Gasteiger partial charge on any atom is -0.333 e. The van der Waals surface area contributed by atoms with Crippen LogP contribution in [-0.2, 0) is 4.79 Å². The number of carbonyl (C=O) groups excluding carboxylic acids is 1. The van der Waals surface area contributed by atoms with Gasteiger partial charge in [-0.2, -0.15) is 0 Å². The second-order valence-electron chi connectivity index (χ2n) is 4.06.